The van der Waals surface area contributed by atoms with Gasteiger partial charge in [0.1, 0.15) is 17.1 Å². The Labute approximate surface area is 158 Å². The molecule has 9 heteroatoms. The molecule has 1 fully saturated rings. The normalized spacial score (nSPS) is 15.8. The zero-order valence-corrected chi connectivity index (χ0v) is 14.7. The molecule has 0 atom stereocenters. The lowest BCUT2D eigenvalue weighted by Gasteiger charge is -2.27. The van der Waals surface area contributed by atoms with Gasteiger partial charge in [0.05, 0.1) is 10.5 Å². The number of nitro benzene ring substituents is 1. The average Bonchev–Trinajstić information content (AvgIpc) is 3.10. The van der Waals surface area contributed by atoms with E-state index in [2.05, 4.69) is 11.9 Å². The lowest BCUT2D eigenvalue weighted by atomic mass is 10.1. The summed E-state index contributed by atoms with van der Waals surface area (Å²) in [6.45, 7) is 3.70. The second kappa shape index (κ2) is 7.34. The summed E-state index contributed by atoms with van der Waals surface area (Å²) in [7, 11) is 0. The van der Waals surface area contributed by atoms with Crippen LogP contribution in [0.15, 0.2) is 59.0 Å². The van der Waals surface area contributed by atoms with Crippen LogP contribution in [0.2, 0.25) is 0 Å². The minimum Gasteiger partial charge on any atom is -0.456 e. The van der Waals surface area contributed by atoms with Crippen molar-refractivity contribution < 1.29 is 18.9 Å². The van der Waals surface area contributed by atoms with Crippen LogP contribution in [0.3, 0.4) is 0 Å². The van der Waals surface area contributed by atoms with E-state index in [9.17, 15) is 19.7 Å². The SMILES string of the molecule is C=CCN1C(=O)/C(=C\c2ccc(-c3ccccc3[N+](=O)[O-])o2)C(=O)NC1=S. The third kappa shape index (κ3) is 3.53. The number of carbonyl (C=O) groups is 2. The molecule has 0 saturated carbocycles. The molecule has 136 valence electrons. The monoisotopic (exact) mass is 383 g/mol. The first-order valence-electron chi connectivity index (χ1n) is 7.75. The van der Waals surface area contributed by atoms with Gasteiger partial charge in [-0.2, -0.15) is 0 Å². The van der Waals surface area contributed by atoms with Gasteiger partial charge in [0.2, 0.25) is 0 Å². The molecule has 3 rings (SSSR count). The van der Waals surface area contributed by atoms with Crippen LogP contribution < -0.4 is 5.32 Å². The van der Waals surface area contributed by atoms with Gasteiger partial charge in [-0.3, -0.25) is 29.9 Å². The van der Waals surface area contributed by atoms with Crippen LogP contribution in [0.1, 0.15) is 5.76 Å². The Morgan fingerprint density at radius 1 is 1.26 bits per heavy atom. The van der Waals surface area contributed by atoms with E-state index < -0.39 is 16.7 Å². The fourth-order valence-electron chi connectivity index (χ4n) is 2.55. The van der Waals surface area contributed by atoms with Crippen molar-refractivity contribution in [2.45, 2.75) is 0 Å². The fourth-order valence-corrected chi connectivity index (χ4v) is 2.80. The third-order valence-electron chi connectivity index (χ3n) is 3.78. The van der Waals surface area contributed by atoms with Crippen molar-refractivity contribution >= 4 is 40.9 Å². The van der Waals surface area contributed by atoms with Crippen molar-refractivity contribution in [3.05, 3.63) is 70.5 Å². The van der Waals surface area contributed by atoms with Gasteiger partial charge in [0, 0.05) is 12.6 Å². The molecule has 0 radical (unpaired) electrons. The zero-order valence-electron chi connectivity index (χ0n) is 13.9. The number of benzene rings is 1. The Morgan fingerprint density at radius 2 is 2.00 bits per heavy atom. The summed E-state index contributed by atoms with van der Waals surface area (Å²) in [5, 5.41) is 13.6. The molecule has 0 bridgehead atoms. The highest BCUT2D eigenvalue weighted by atomic mass is 32.1. The van der Waals surface area contributed by atoms with Crippen molar-refractivity contribution in [3.8, 4) is 11.3 Å². The number of carbonyl (C=O) groups excluding carboxylic acids is 2. The summed E-state index contributed by atoms with van der Waals surface area (Å²) in [4.78, 5) is 36.5. The number of nitrogens with one attached hydrogen (secondary N) is 1. The van der Waals surface area contributed by atoms with Crippen LogP contribution in [0.5, 0.6) is 0 Å². The molecule has 1 saturated heterocycles. The second-order valence-electron chi connectivity index (χ2n) is 5.50. The number of amides is 2. The molecule has 1 N–H and O–H groups in total. The topological polar surface area (TPSA) is 106 Å². The van der Waals surface area contributed by atoms with Crippen LogP contribution in [-0.2, 0) is 9.59 Å². The number of nitro groups is 1. The maximum absolute atomic E-state index is 12.5. The maximum Gasteiger partial charge on any atom is 0.280 e. The minimum absolute atomic E-state index is 0.00194. The molecular formula is C18H13N3O5S. The number of thiocarbonyl (C=S) groups is 1. The summed E-state index contributed by atoms with van der Waals surface area (Å²) in [5.41, 5.74) is 0.0231. The number of furan rings is 1. The number of hydrogen-bond donors (Lipinski definition) is 1. The minimum atomic E-state index is -0.644. The Balaban J connectivity index is 1.96. The molecule has 1 aliphatic rings. The number of hydrogen-bond acceptors (Lipinski definition) is 6. The number of nitrogens with zero attached hydrogens (tertiary/aromatic N) is 2. The quantitative estimate of drug-likeness (QED) is 0.212. The fraction of sp³-hybridized carbons (Fsp3) is 0.0556. The van der Waals surface area contributed by atoms with Crippen molar-refractivity contribution in [2.24, 2.45) is 0 Å². The van der Waals surface area contributed by atoms with Gasteiger partial charge >= 0.3 is 0 Å². The van der Waals surface area contributed by atoms with Gasteiger partial charge in [-0.1, -0.05) is 18.2 Å². The Bertz CT molecular complexity index is 1010. The van der Waals surface area contributed by atoms with E-state index in [1.54, 1.807) is 18.2 Å². The van der Waals surface area contributed by atoms with Gasteiger partial charge in [-0.15, -0.1) is 6.58 Å². The van der Waals surface area contributed by atoms with Crippen molar-refractivity contribution in [3.63, 3.8) is 0 Å². The van der Waals surface area contributed by atoms with Crippen LogP contribution in [-0.4, -0.2) is 33.3 Å². The number of para-hydroxylation sites is 1. The van der Waals surface area contributed by atoms with E-state index in [1.165, 1.54) is 35.3 Å². The van der Waals surface area contributed by atoms with Gasteiger partial charge in [-0.25, -0.2) is 0 Å². The Morgan fingerprint density at radius 3 is 2.70 bits per heavy atom. The predicted octanol–water partition coefficient (Wildman–Crippen LogP) is 2.67. The molecule has 0 unspecified atom stereocenters. The first-order valence-corrected chi connectivity index (χ1v) is 8.16. The average molecular weight is 383 g/mol. The summed E-state index contributed by atoms with van der Waals surface area (Å²) < 4.78 is 5.60. The summed E-state index contributed by atoms with van der Waals surface area (Å²) in [6, 6.07) is 9.17. The van der Waals surface area contributed by atoms with E-state index in [0.717, 1.165) is 0 Å². The van der Waals surface area contributed by atoms with Crippen LogP contribution in [0, 0.1) is 10.1 Å². The van der Waals surface area contributed by atoms with Gasteiger partial charge in [0.15, 0.2) is 5.11 Å². The van der Waals surface area contributed by atoms with Gasteiger partial charge in [-0.05, 0) is 36.5 Å². The summed E-state index contributed by atoms with van der Waals surface area (Å²) in [5.74, 6) is -0.773. The first-order chi connectivity index (χ1) is 12.9. The second-order valence-corrected chi connectivity index (χ2v) is 5.88. The summed E-state index contributed by atoms with van der Waals surface area (Å²) in [6.07, 6.45) is 2.76. The van der Waals surface area contributed by atoms with E-state index >= 15 is 0 Å². The van der Waals surface area contributed by atoms with E-state index in [1.807, 2.05) is 0 Å². The van der Waals surface area contributed by atoms with Crippen LogP contribution in [0.25, 0.3) is 17.4 Å². The molecule has 1 aromatic carbocycles. The molecular weight excluding hydrogens is 370 g/mol. The van der Waals surface area contributed by atoms with E-state index in [-0.39, 0.29) is 34.4 Å². The summed E-state index contributed by atoms with van der Waals surface area (Å²) >= 11 is 4.98. The molecule has 27 heavy (non-hydrogen) atoms. The molecule has 1 aliphatic heterocycles. The van der Waals surface area contributed by atoms with Crippen molar-refractivity contribution in [1.82, 2.24) is 10.2 Å². The molecule has 2 aromatic rings. The Hall–Kier alpha value is -3.59. The van der Waals surface area contributed by atoms with E-state index in [4.69, 9.17) is 16.6 Å². The molecule has 2 heterocycles. The number of rotatable bonds is 5. The zero-order chi connectivity index (χ0) is 19.6. The van der Waals surface area contributed by atoms with Crippen LogP contribution >= 0.6 is 12.2 Å². The van der Waals surface area contributed by atoms with Gasteiger partial charge < -0.3 is 4.42 Å². The highest BCUT2D eigenvalue weighted by molar-refractivity contribution is 7.80. The van der Waals surface area contributed by atoms with Gasteiger partial charge in [0.25, 0.3) is 17.5 Å². The molecule has 0 aliphatic carbocycles. The Kier molecular flexibility index (Phi) is 4.95. The smallest absolute Gasteiger partial charge is 0.280 e. The third-order valence-corrected chi connectivity index (χ3v) is 4.10. The molecule has 1 aromatic heterocycles. The lowest BCUT2D eigenvalue weighted by molar-refractivity contribution is -0.384. The van der Waals surface area contributed by atoms with Crippen LogP contribution in [0.4, 0.5) is 5.69 Å². The maximum atomic E-state index is 12.5. The first kappa shape index (κ1) is 18.2. The highest BCUT2D eigenvalue weighted by Gasteiger charge is 2.33. The molecule has 8 nitrogen and oxygen atoms in total. The van der Waals surface area contributed by atoms with E-state index in [0.29, 0.717) is 5.56 Å². The highest BCUT2D eigenvalue weighted by Crippen LogP contribution is 2.31. The van der Waals surface area contributed by atoms with Crippen molar-refractivity contribution in [2.75, 3.05) is 6.54 Å². The molecule has 2 amide bonds. The largest absolute Gasteiger partial charge is 0.456 e. The van der Waals surface area contributed by atoms with Crippen molar-refractivity contribution in [1.29, 1.82) is 0 Å². The predicted molar refractivity (Wildman–Crippen MR) is 101 cm³/mol. The molecule has 0 spiro atoms. The standard InChI is InChI=1S/C18H13N3O5S/c1-2-9-20-17(23)13(16(22)19-18(20)27)10-11-7-8-15(26-11)12-5-3-4-6-14(12)21(24)25/h2-8,10H,1,9H2,(H,19,22,27)/b13-10-. The lowest BCUT2D eigenvalue weighted by Crippen LogP contribution is -2.53.